The predicted octanol–water partition coefficient (Wildman–Crippen LogP) is 6.42. The van der Waals surface area contributed by atoms with Gasteiger partial charge in [0.05, 0.1) is 6.10 Å². The molecule has 3 fully saturated rings. The Morgan fingerprint density at radius 3 is 2.25 bits per heavy atom. The third-order valence-corrected chi connectivity index (χ3v) is 7.24. The van der Waals surface area contributed by atoms with Crippen LogP contribution < -0.4 is 5.73 Å². The fourth-order valence-corrected chi connectivity index (χ4v) is 5.34. The third-order valence-electron chi connectivity index (χ3n) is 7.24. The van der Waals surface area contributed by atoms with Gasteiger partial charge < -0.3 is 10.5 Å². The number of nitrogens with two attached hydrogens (primary N) is 1. The molecule has 3 atom stereocenters. The van der Waals surface area contributed by atoms with Gasteiger partial charge in [0.2, 0.25) is 0 Å². The first-order chi connectivity index (χ1) is 11.4. The van der Waals surface area contributed by atoms with Crippen molar-refractivity contribution < 1.29 is 4.74 Å². The molecule has 3 aliphatic rings. The van der Waals surface area contributed by atoms with Crippen molar-refractivity contribution in [1.82, 2.24) is 0 Å². The van der Waals surface area contributed by atoms with Gasteiger partial charge in [-0.2, -0.15) is 0 Å². The Labute approximate surface area is 151 Å². The molecule has 0 heterocycles. The summed E-state index contributed by atoms with van der Waals surface area (Å²) in [5.41, 5.74) is 7.08. The van der Waals surface area contributed by atoms with E-state index in [1.807, 2.05) is 6.92 Å². The Balaban J connectivity index is 2.03. The molecule has 3 aliphatic carbocycles. The monoisotopic (exact) mass is 337 g/mol. The lowest BCUT2D eigenvalue weighted by atomic mass is 9.63. The van der Waals surface area contributed by atoms with Crippen LogP contribution in [0, 0.1) is 16.7 Å². The quantitative estimate of drug-likeness (QED) is 0.567. The molecule has 0 aromatic heterocycles. The van der Waals surface area contributed by atoms with Crippen molar-refractivity contribution in [2.45, 2.75) is 123 Å². The predicted molar refractivity (Wildman–Crippen MR) is 104 cm³/mol. The fraction of sp³-hybridized carbons (Fsp3) is 1.00. The van der Waals surface area contributed by atoms with E-state index in [9.17, 15) is 0 Å². The maximum absolute atomic E-state index is 5.94. The van der Waals surface area contributed by atoms with E-state index in [4.69, 9.17) is 10.5 Å². The standard InChI is InChI=1S/C22H43NO/c1-5-20(24-19(3)23)10-17-22-13-6-11-21(4,12-7-14-22)15-8-18(2)9-16-22/h18-20H,5-17,23H2,1-4H3/t18-,19?,20?,21?,22?/m1/s1. The number of hydrogen-bond acceptors (Lipinski definition) is 2. The highest BCUT2D eigenvalue weighted by Crippen LogP contribution is 2.49. The maximum Gasteiger partial charge on any atom is 0.103 e. The molecule has 0 aliphatic heterocycles. The van der Waals surface area contributed by atoms with E-state index in [0.29, 0.717) is 16.9 Å². The zero-order valence-electron chi connectivity index (χ0n) is 16.9. The summed E-state index contributed by atoms with van der Waals surface area (Å²) in [6, 6.07) is 0. The Kier molecular flexibility index (Phi) is 7.61. The second-order valence-corrected chi connectivity index (χ2v) is 9.61. The molecule has 2 heteroatoms. The average molecular weight is 338 g/mol. The van der Waals surface area contributed by atoms with Crippen LogP contribution >= 0.6 is 0 Å². The topological polar surface area (TPSA) is 35.2 Å². The second-order valence-electron chi connectivity index (χ2n) is 9.61. The van der Waals surface area contributed by atoms with Gasteiger partial charge in [0.15, 0.2) is 0 Å². The summed E-state index contributed by atoms with van der Waals surface area (Å²) in [6.07, 6.45) is 18.3. The average Bonchev–Trinajstić information content (AvgIpc) is 2.52. The summed E-state index contributed by atoms with van der Waals surface area (Å²) in [7, 11) is 0. The van der Waals surface area contributed by atoms with Gasteiger partial charge in [0.25, 0.3) is 0 Å². The van der Waals surface area contributed by atoms with Gasteiger partial charge in [-0.3, -0.25) is 0 Å². The van der Waals surface area contributed by atoms with Gasteiger partial charge in [-0.1, -0.05) is 46.5 Å². The largest absolute Gasteiger partial charge is 0.361 e. The molecule has 2 bridgehead atoms. The highest BCUT2D eigenvalue weighted by Gasteiger charge is 2.36. The number of ether oxygens (including phenoxy) is 1. The molecule has 0 spiro atoms. The summed E-state index contributed by atoms with van der Waals surface area (Å²) in [5, 5.41) is 0. The van der Waals surface area contributed by atoms with Crippen molar-refractivity contribution in [3.8, 4) is 0 Å². The molecule has 0 saturated heterocycles. The van der Waals surface area contributed by atoms with Crippen LogP contribution in [0.3, 0.4) is 0 Å². The van der Waals surface area contributed by atoms with E-state index in [-0.39, 0.29) is 6.23 Å². The summed E-state index contributed by atoms with van der Waals surface area (Å²) in [6.45, 7) is 9.26. The van der Waals surface area contributed by atoms with Crippen LogP contribution in [0.25, 0.3) is 0 Å². The van der Waals surface area contributed by atoms with E-state index in [2.05, 4.69) is 20.8 Å². The molecule has 24 heavy (non-hydrogen) atoms. The summed E-state index contributed by atoms with van der Waals surface area (Å²) >= 11 is 0. The maximum atomic E-state index is 5.94. The van der Waals surface area contributed by atoms with Crippen LogP contribution in [-0.2, 0) is 4.74 Å². The number of fused-ring (bicyclic) bond motifs is 8. The summed E-state index contributed by atoms with van der Waals surface area (Å²) < 4.78 is 5.94. The van der Waals surface area contributed by atoms with Gasteiger partial charge in [0, 0.05) is 0 Å². The van der Waals surface area contributed by atoms with E-state index < -0.39 is 0 Å². The Hall–Kier alpha value is -0.0800. The molecule has 0 amide bonds. The number of rotatable bonds is 6. The van der Waals surface area contributed by atoms with Gasteiger partial charge >= 0.3 is 0 Å². The van der Waals surface area contributed by atoms with Gasteiger partial charge in [-0.05, 0) is 81.5 Å². The van der Waals surface area contributed by atoms with E-state index >= 15 is 0 Å². The van der Waals surface area contributed by atoms with Gasteiger partial charge in [-0.15, -0.1) is 0 Å². The zero-order valence-corrected chi connectivity index (χ0v) is 16.9. The van der Waals surface area contributed by atoms with E-state index in [0.717, 1.165) is 12.3 Å². The van der Waals surface area contributed by atoms with Crippen LogP contribution in [0.2, 0.25) is 0 Å². The van der Waals surface area contributed by atoms with E-state index in [1.54, 1.807) is 0 Å². The lowest BCUT2D eigenvalue weighted by molar-refractivity contribution is -0.0166. The minimum Gasteiger partial charge on any atom is -0.361 e. The van der Waals surface area contributed by atoms with Gasteiger partial charge in [-0.25, -0.2) is 0 Å². The second kappa shape index (κ2) is 9.03. The van der Waals surface area contributed by atoms with Crippen molar-refractivity contribution in [3.05, 3.63) is 0 Å². The van der Waals surface area contributed by atoms with Crippen molar-refractivity contribution in [2.75, 3.05) is 0 Å². The first-order valence-electron chi connectivity index (χ1n) is 10.8. The van der Waals surface area contributed by atoms with Crippen LogP contribution in [-0.4, -0.2) is 12.3 Å². The first-order valence-corrected chi connectivity index (χ1v) is 10.8. The molecule has 2 unspecified atom stereocenters. The first kappa shape index (κ1) is 20.2. The molecule has 0 aromatic rings. The highest BCUT2D eigenvalue weighted by atomic mass is 16.5. The van der Waals surface area contributed by atoms with Gasteiger partial charge in [0.1, 0.15) is 6.23 Å². The molecule has 2 N–H and O–H groups in total. The Morgan fingerprint density at radius 1 is 1.04 bits per heavy atom. The van der Waals surface area contributed by atoms with Crippen molar-refractivity contribution in [3.63, 3.8) is 0 Å². The third kappa shape index (κ3) is 6.02. The molecule has 0 aromatic carbocycles. The minimum absolute atomic E-state index is 0.130. The lowest BCUT2D eigenvalue weighted by Gasteiger charge is -2.43. The smallest absolute Gasteiger partial charge is 0.103 e. The Bertz CT molecular complexity index is 355. The van der Waals surface area contributed by atoms with Crippen LogP contribution in [0.5, 0.6) is 0 Å². The fourth-order valence-electron chi connectivity index (χ4n) is 5.34. The van der Waals surface area contributed by atoms with E-state index in [1.165, 1.54) is 77.0 Å². The SMILES string of the molecule is CCC(CCC12CCCC(C)(CCC1)CC[C@@H](C)CC2)OC(C)N. The van der Waals surface area contributed by atoms with Crippen LogP contribution in [0.15, 0.2) is 0 Å². The van der Waals surface area contributed by atoms with Crippen molar-refractivity contribution in [1.29, 1.82) is 0 Å². The normalized spacial score (nSPS) is 37.6. The highest BCUT2D eigenvalue weighted by molar-refractivity contribution is 4.88. The van der Waals surface area contributed by atoms with Crippen LogP contribution in [0.4, 0.5) is 0 Å². The lowest BCUT2D eigenvalue weighted by Crippen LogP contribution is -2.32. The molecule has 142 valence electrons. The van der Waals surface area contributed by atoms with Crippen molar-refractivity contribution >= 4 is 0 Å². The summed E-state index contributed by atoms with van der Waals surface area (Å²) in [4.78, 5) is 0. The zero-order chi connectivity index (χ0) is 17.6. The van der Waals surface area contributed by atoms with Crippen LogP contribution in [0.1, 0.15) is 111 Å². The summed E-state index contributed by atoms with van der Waals surface area (Å²) in [5.74, 6) is 0.905. The van der Waals surface area contributed by atoms with Crippen molar-refractivity contribution in [2.24, 2.45) is 22.5 Å². The molecular formula is C22H43NO. The number of hydrogen-bond donors (Lipinski definition) is 1. The molecule has 3 rings (SSSR count). The molecule has 0 radical (unpaired) electrons. The Morgan fingerprint density at radius 2 is 1.67 bits per heavy atom. The molecular weight excluding hydrogens is 294 g/mol. The molecule has 2 nitrogen and oxygen atoms in total. The minimum atomic E-state index is -0.130. The molecule has 3 saturated carbocycles.